The average Bonchev–Trinajstić information content (AvgIpc) is 2.80. The number of aromatic nitrogens is 2. The van der Waals surface area contributed by atoms with Crippen LogP contribution >= 0.6 is 0 Å². The summed E-state index contributed by atoms with van der Waals surface area (Å²) >= 11 is 0. The molecule has 4 rings (SSSR count). The van der Waals surface area contributed by atoms with Gasteiger partial charge in [-0.1, -0.05) is 60.2 Å². The van der Waals surface area contributed by atoms with E-state index in [0.717, 1.165) is 22.2 Å². The molecule has 0 aliphatic rings. The van der Waals surface area contributed by atoms with Gasteiger partial charge < -0.3 is 10.1 Å². The lowest BCUT2D eigenvalue weighted by molar-refractivity contribution is -0.116. The number of fused-ring (bicyclic) bond motifs is 1. The van der Waals surface area contributed by atoms with E-state index in [1.165, 1.54) is 4.68 Å². The maximum atomic E-state index is 13.0. The average molecular weight is 413 g/mol. The molecule has 6 nitrogen and oxygen atoms in total. The Kier molecular flexibility index (Phi) is 5.80. The number of aryl methyl sites for hydroxylation is 2. The smallest absolute Gasteiger partial charge is 0.274 e. The second-order valence-corrected chi connectivity index (χ2v) is 7.29. The molecule has 0 fully saturated rings. The Hall–Kier alpha value is -3.93. The van der Waals surface area contributed by atoms with Gasteiger partial charge in [0.15, 0.2) is 0 Å². The number of carbonyl (C=O) groups excluding carboxylic acids is 1. The van der Waals surface area contributed by atoms with E-state index in [1.54, 1.807) is 25.3 Å². The fraction of sp³-hybridized carbons (Fsp3) is 0.160. The number of nitrogens with zero attached hydrogens (tertiary/aromatic N) is 2. The van der Waals surface area contributed by atoms with Crippen molar-refractivity contribution in [1.29, 1.82) is 0 Å². The fourth-order valence-electron chi connectivity index (χ4n) is 3.48. The van der Waals surface area contributed by atoms with Crippen LogP contribution in [0.2, 0.25) is 0 Å². The van der Waals surface area contributed by atoms with Crippen LogP contribution in [0, 0.1) is 6.92 Å². The molecule has 31 heavy (non-hydrogen) atoms. The van der Waals surface area contributed by atoms with Crippen molar-refractivity contribution in [2.24, 2.45) is 0 Å². The first-order valence-corrected chi connectivity index (χ1v) is 10.1. The maximum absolute atomic E-state index is 13.0. The van der Waals surface area contributed by atoms with E-state index in [1.807, 2.05) is 61.5 Å². The molecule has 1 heterocycles. The molecule has 1 amide bonds. The summed E-state index contributed by atoms with van der Waals surface area (Å²) in [6, 6.07) is 22.6. The van der Waals surface area contributed by atoms with Crippen LogP contribution in [-0.4, -0.2) is 22.8 Å². The van der Waals surface area contributed by atoms with Crippen LogP contribution in [0.1, 0.15) is 12.0 Å². The molecule has 0 aliphatic carbocycles. The van der Waals surface area contributed by atoms with Crippen molar-refractivity contribution < 1.29 is 9.53 Å². The Labute approximate surface area is 180 Å². The zero-order valence-electron chi connectivity index (χ0n) is 17.5. The molecule has 156 valence electrons. The minimum atomic E-state index is -0.219. The molecule has 1 aromatic heterocycles. The second-order valence-electron chi connectivity index (χ2n) is 7.29. The minimum Gasteiger partial charge on any atom is -0.495 e. The van der Waals surface area contributed by atoms with Gasteiger partial charge in [0.2, 0.25) is 5.91 Å². The number of methoxy groups -OCH3 is 1. The quantitative estimate of drug-likeness (QED) is 0.508. The number of hydrogen-bond acceptors (Lipinski definition) is 4. The van der Waals surface area contributed by atoms with Crippen molar-refractivity contribution in [2.45, 2.75) is 19.9 Å². The zero-order chi connectivity index (χ0) is 21.8. The van der Waals surface area contributed by atoms with Crippen molar-refractivity contribution in [3.05, 3.63) is 88.7 Å². The van der Waals surface area contributed by atoms with Gasteiger partial charge in [0.05, 0.1) is 30.4 Å². The number of amides is 1. The molecule has 0 spiro atoms. The lowest BCUT2D eigenvalue weighted by Gasteiger charge is -2.12. The summed E-state index contributed by atoms with van der Waals surface area (Å²) in [5.74, 6) is 0.363. The van der Waals surface area contributed by atoms with Gasteiger partial charge in [-0.05, 0) is 25.1 Å². The number of hydrogen-bond donors (Lipinski definition) is 1. The Bertz CT molecular complexity index is 1290. The molecule has 1 N–H and O–H groups in total. The number of rotatable bonds is 6. The topological polar surface area (TPSA) is 73.2 Å². The van der Waals surface area contributed by atoms with Gasteiger partial charge in [-0.3, -0.25) is 9.59 Å². The van der Waals surface area contributed by atoms with E-state index < -0.39 is 0 Å². The molecule has 0 saturated carbocycles. The molecule has 4 aromatic rings. The number of para-hydroxylation sites is 2. The van der Waals surface area contributed by atoms with Crippen molar-refractivity contribution in [3.8, 4) is 17.0 Å². The highest BCUT2D eigenvalue weighted by molar-refractivity contribution is 5.94. The van der Waals surface area contributed by atoms with Crippen LogP contribution in [0.5, 0.6) is 5.75 Å². The molecular formula is C25H23N3O3. The van der Waals surface area contributed by atoms with Crippen LogP contribution in [0.25, 0.3) is 22.0 Å². The normalized spacial score (nSPS) is 10.8. The third-order valence-corrected chi connectivity index (χ3v) is 5.12. The third-order valence-electron chi connectivity index (χ3n) is 5.12. The first-order chi connectivity index (χ1) is 15.1. The fourth-order valence-corrected chi connectivity index (χ4v) is 3.48. The van der Waals surface area contributed by atoms with Crippen molar-refractivity contribution in [1.82, 2.24) is 9.78 Å². The highest BCUT2D eigenvalue weighted by atomic mass is 16.5. The van der Waals surface area contributed by atoms with Gasteiger partial charge in [-0.15, -0.1) is 0 Å². The van der Waals surface area contributed by atoms with Gasteiger partial charge in [0, 0.05) is 17.4 Å². The van der Waals surface area contributed by atoms with E-state index in [9.17, 15) is 9.59 Å². The highest BCUT2D eigenvalue weighted by Crippen LogP contribution is 2.25. The first kappa shape index (κ1) is 20.3. The van der Waals surface area contributed by atoms with E-state index >= 15 is 0 Å². The van der Waals surface area contributed by atoms with E-state index in [4.69, 9.17) is 4.74 Å². The van der Waals surface area contributed by atoms with E-state index in [-0.39, 0.29) is 24.4 Å². The molecule has 0 atom stereocenters. The maximum Gasteiger partial charge on any atom is 0.274 e. The molecule has 0 unspecified atom stereocenters. The van der Waals surface area contributed by atoms with E-state index in [2.05, 4.69) is 10.4 Å². The third kappa shape index (κ3) is 4.33. The first-order valence-electron chi connectivity index (χ1n) is 10.1. The molecule has 3 aromatic carbocycles. The number of carbonyl (C=O) groups is 1. The largest absolute Gasteiger partial charge is 0.495 e. The summed E-state index contributed by atoms with van der Waals surface area (Å²) < 4.78 is 6.64. The van der Waals surface area contributed by atoms with Crippen molar-refractivity contribution >= 4 is 22.4 Å². The highest BCUT2D eigenvalue weighted by Gasteiger charge is 2.14. The Morgan fingerprint density at radius 1 is 0.968 bits per heavy atom. The van der Waals surface area contributed by atoms with E-state index in [0.29, 0.717) is 16.8 Å². The Morgan fingerprint density at radius 2 is 1.65 bits per heavy atom. The molecule has 0 radical (unpaired) electrons. The minimum absolute atomic E-state index is 0.108. The summed E-state index contributed by atoms with van der Waals surface area (Å²) in [6.45, 7) is 2.19. The molecular weight excluding hydrogens is 390 g/mol. The Balaban J connectivity index is 1.63. The van der Waals surface area contributed by atoms with Gasteiger partial charge in [-0.2, -0.15) is 5.10 Å². The second kappa shape index (κ2) is 8.83. The summed E-state index contributed by atoms with van der Waals surface area (Å²) in [5.41, 5.74) is 3.18. The van der Waals surface area contributed by atoms with Crippen LogP contribution in [0.15, 0.2) is 77.6 Å². The standard InChI is InChI=1S/C25H23N3O3/c1-17-11-13-18(14-12-17)24-19-7-3-4-8-20(19)25(30)28(27-24)16-15-23(29)26-21-9-5-6-10-22(21)31-2/h3-14H,15-16H2,1-2H3,(H,26,29). The van der Waals surface area contributed by atoms with Gasteiger partial charge >= 0.3 is 0 Å². The SMILES string of the molecule is COc1ccccc1NC(=O)CCn1nc(-c2ccc(C)cc2)c2ccccc2c1=O. The van der Waals surface area contributed by atoms with Crippen LogP contribution in [0.4, 0.5) is 5.69 Å². The molecule has 0 saturated heterocycles. The molecule has 0 bridgehead atoms. The van der Waals surface area contributed by atoms with Crippen LogP contribution in [0.3, 0.4) is 0 Å². The van der Waals surface area contributed by atoms with Crippen LogP contribution in [-0.2, 0) is 11.3 Å². The lowest BCUT2D eigenvalue weighted by atomic mass is 10.0. The Morgan fingerprint density at radius 3 is 2.39 bits per heavy atom. The summed E-state index contributed by atoms with van der Waals surface area (Å²) in [6.07, 6.45) is 0.108. The van der Waals surface area contributed by atoms with Crippen molar-refractivity contribution in [2.75, 3.05) is 12.4 Å². The summed E-state index contributed by atoms with van der Waals surface area (Å²) in [4.78, 5) is 25.5. The van der Waals surface area contributed by atoms with Crippen LogP contribution < -0.4 is 15.6 Å². The summed E-state index contributed by atoms with van der Waals surface area (Å²) in [7, 11) is 1.55. The lowest BCUT2D eigenvalue weighted by Crippen LogP contribution is -2.26. The van der Waals surface area contributed by atoms with Gasteiger partial charge in [-0.25, -0.2) is 4.68 Å². The predicted molar refractivity (Wildman–Crippen MR) is 122 cm³/mol. The summed E-state index contributed by atoms with van der Waals surface area (Å²) in [5, 5.41) is 8.83. The number of anilines is 1. The molecule has 6 heteroatoms. The number of benzene rings is 3. The van der Waals surface area contributed by atoms with Gasteiger partial charge in [0.25, 0.3) is 5.56 Å². The molecule has 0 aliphatic heterocycles. The van der Waals surface area contributed by atoms with Gasteiger partial charge in [0.1, 0.15) is 5.75 Å². The number of ether oxygens (including phenoxy) is 1. The number of nitrogens with one attached hydrogen (secondary N) is 1. The zero-order valence-corrected chi connectivity index (χ0v) is 17.5. The van der Waals surface area contributed by atoms with Crippen molar-refractivity contribution in [3.63, 3.8) is 0 Å². The predicted octanol–water partition coefficient (Wildman–Crippen LogP) is 4.41. The monoisotopic (exact) mass is 413 g/mol.